The van der Waals surface area contributed by atoms with Crippen LogP contribution in [0.1, 0.15) is 58.4 Å². The number of aromatic nitrogens is 2. The lowest BCUT2D eigenvalue weighted by molar-refractivity contribution is 0.253. The van der Waals surface area contributed by atoms with Gasteiger partial charge in [-0.1, -0.05) is 40.0 Å². The Labute approximate surface area is 122 Å². The first-order valence-corrected chi connectivity index (χ1v) is 7.99. The van der Waals surface area contributed by atoms with Gasteiger partial charge in [0.05, 0.1) is 0 Å². The summed E-state index contributed by atoms with van der Waals surface area (Å²) in [5.41, 5.74) is 7.10. The van der Waals surface area contributed by atoms with Crippen LogP contribution in [-0.4, -0.2) is 16.0 Å². The van der Waals surface area contributed by atoms with Gasteiger partial charge in [-0.25, -0.2) is 9.97 Å². The average molecular weight is 276 g/mol. The predicted octanol–water partition coefficient (Wildman–Crippen LogP) is 3.64. The highest BCUT2D eigenvalue weighted by molar-refractivity contribution is 5.55. The van der Waals surface area contributed by atoms with Gasteiger partial charge in [0.15, 0.2) is 0 Å². The first-order valence-electron chi connectivity index (χ1n) is 7.99. The summed E-state index contributed by atoms with van der Waals surface area (Å²) in [7, 11) is 0. The Morgan fingerprint density at radius 3 is 2.75 bits per heavy atom. The summed E-state index contributed by atoms with van der Waals surface area (Å²) in [4.78, 5) is 8.58. The molecule has 1 fully saturated rings. The zero-order chi connectivity index (χ0) is 14.5. The van der Waals surface area contributed by atoms with Crippen molar-refractivity contribution in [2.45, 2.75) is 65.3 Å². The van der Waals surface area contributed by atoms with E-state index < -0.39 is 0 Å². The zero-order valence-corrected chi connectivity index (χ0v) is 13.0. The third kappa shape index (κ3) is 3.41. The van der Waals surface area contributed by atoms with Gasteiger partial charge in [-0.3, -0.25) is 0 Å². The summed E-state index contributed by atoms with van der Waals surface area (Å²) >= 11 is 0. The third-order valence-electron chi connectivity index (χ3n) is 4.48. The van der Waals surface area contributed by atoms with Crippen LogP contribution in [0.25, 0.3) is 0 Å². The van der Waals surface area contributed by atoms with Crippen molar-refractivity contribution in [1.29, 1.82) is 0 Å². The Morgan fingerprint density at radius 2 is 2.05 bits per heavy atom. The maximum atomic E-state index is 6.02. The van der Waals surface area contributed by atoms with Crippen molar-refractivity contribution in [3.05, 3.63) is 11.9 Å². The van der Waals surface area contributed by atoms with E-state index in [4.69, 9.17) is 5.73 Å². The van der Waals surface area contributed by atoms with E-state index in [2.05, 4.69) is 36.1 Å². The Bertz CT molecular complexity index is 430. The molecule has 1 saturated carbocycles. The van der Waals surface area contributed by atoms with Gasteiger partial charge in [0.1, 0.15) is 18.0 Å². The molecule has 4 heteroatoms. The van der Waals surface area contributed by atoms with Crippen LogP contribution in [0.2, 0.25) is 0 Å². The second-order valence-corrected chi connectivity index (χ2v) is 6.28. The highest BCUT2D eigenvalue weighted by Crippen LogP contribution is 2.33. The molecule has 1 aromatic rings. The lowest BCUT2D eigenvalue weighted by Gasteiger charge is -2.35. The Balaban J connectivity index is 2.17. The quantitative estimate of drug-likeness (QED) is 0.862. The van der Waals surface area contributed by atoms with Gasteiger partial charge in [-0.15, -0.1) is 0 Å². The van der Waals surface area contributed by atoms with Crippen LogP contribution >= 0.6 is 0 Å². The van der Waals surface area contributed by atoms with Crippen molar-refractivity contribution in [3.63, 3.8) is 0 Å². The van der Waals surface area contributed by atoms with Gasteiger partial charge in [-0.2, -0.15) is 0 Å². The molecule has 2 rings (SSSR count). The van der Waals surface area contributed by atoms with E-state index in [1.165, 1.54) is 25.7 Å². The molecule has 3 N–H and O–H groups in total. The first kappa shape index (κ1) is 15.1. The largest absolute Gasteiger partial charge is 0.383 e. The number of rotatable bonds is 5. The Hall–Kier alpha value is -1.32. The van der Waals surface area contributed by atoms with Gasteiger partial charge in [-0.05, 0) is 31.1 Å². The Kier molecular flexibility index (Phi) is 5.21. The third-order valence-corrected chi connectivity index (χ3v) is 4.48. The first-order chi connectivity index (χ1) is 9.63. The molecule has 1 aliphatic carbocycles. The number of nitrogens with two attached hydrogens (primary N) is 1. The molecule has 1 heterocycles. The van der Waals surface area contributed by atoms with Crippen molar-refractivity contribution in [2.24, 2.45) is 11.8 Å². The molecule has 112 valence electrons. The topological polar surface area (TPSA) is 63.8 Å². The van der Waals surface area contributed by atoms with Crippen molar-refractivity contribution in [3.8, 4) is 0 Å². The maximum absolute atomic E-state index is 6.02. The summed E-state index contributed by atoms with van der Waals surface area (Å²) in [5, 5.41) is 3.68. The minimum atomic E-state index is 0.522. The van der Waals surface area contributed by atoms with E-state index >= 15 is 0 Å². The molecule has 0 radical (unpaired) electrons. The molecule has 1 aliphatic rings. The number of nitrogen functional groups attached to an aromatic ring is 1. The van der Waals surface area contributed by atoms with Crippen LogP contribution in [0.15, 0.2) is 6.33 Å². The molecule has 0 amide bonds. The highest BCUT2D eigenvalue weighted by atomic mass is 15.1. The van der Waals surface area contributed by atoms with Crippen molar-refractivity contribution >= 4 is 11.6 Å². The zero-order valence-electron chi connectivity index (χ0n) is 13.0. The molecule has 2 atom stereocenters. The smallest absolute Gasteiger partial charge is 0.134 e. The summed E-state index contributed by atoms with van der Waals surface area (Å²) < 4.78 is 0. The SMILES string of the molecule is CCCc1c(N)ncnc1NC1CCCCC1C(C)C. The highest BCUT2D eigenvalue weighted by Gasteiger charge is 2.28. The average Bonchev–Trinajstić information content (AvgIpc) is 2.43. The van der Waals surface area contributed by atoms with Gasteiger partial charge in [0.2, 0.25) is 0 Å². The Morgan fingerprint density at radius 1 is 1.30 bits per heavy atom. The molecule has 0 aliphatic heterocycles. The fraction of sp³-hybridized carbons (Fsp3) is 0.750. The summed E-state index contributed by atoms with van der Waals surface area (Å²) in [6, 6.07) is 0.522. The standard InChI is InChI=1S/C16H28N4/c1-4-7-13-15(17)18-10-19-16(13)20-14-9-6-5-8-12(14)11(2)3/h10-12,14H,4-9H2,1-3H3,(H3,17,18,19,20). The molecule has 2 unspecified atom stereocenters. The lowest BCUT2D eigenvalue weighted by atomic mass is 9.78. The second kappa shape index (κ2) is 6.91. The monoisotopic (exact) mass is 276 g/mol. The molecular weight excluding hydrogens is 248 g/mol. The molecule has 0 bridgehead atoms. The molecule has 4 nitrogen and oxygen atoms in total. The van der Waals surface area contributed by atoms with Gasteiger partial charge in [0.25, 0.3) is 0 Å². The normalized spacial score (nSPS) is 23.0. The van der Waals surface area contributed by atoms with Crippen LogP contribution in [-0.2, 0) is 6.42 Å². The van der Waals surface area contributed by atoms with Crippen LogP contribution in [0, 0.1) is 11.8 Å². The van der Waals surface area contributed by atoms with E-state index in [0.717, 1.165) is 30.1 Å². The van der Waals surface area contributed by atoms with Crippen molar-refractivity contribution in [2.75, 3.05) is 11.1 Å². The van der Waals surface area contributed by atoms with Gasteiger partial charge in [0, 0.05) is 11.6 Å². The number of hydrogen-bond acceptors (Lipinski definition) is 4. The van der Waals surface area contributed by atoms with Crippen LogP contribution in [0.5, 0.6) is 0 Å². The lowest BCUT2D eigenvalue weighted by Crippen LogP contribution is -2.36. The predicted molar refractivity (Wildman–Crippen MR) is 84.6 cm³/mol. The van der Waals surface area contributed by atoms with Crippen molar-refractivity contribution in [1.82, 2.24) is 9.97 Å². The summed E-state index contributed by atoms with van der Waals surface area (Å²) in [6.07, 6.45) is 8.79. The van der Waals surface area contributed by atoms with Crippen molar-refractivity contribution < 1.29 is 0 Å². The second-order valence-electron chi connectivity index (χ2n) is 6.28. The minimum Gasteiger partial charge on any atom is -0.383 e. The molecule has 20 heavy (non-hydrogen) atoms. The fourth-order valence-electron chi connectivity index (χ4n) is 3.36. The van der Waals surface area contributed by atoms with E-state index in [-0.39, 0.29) is 0 Å². The molecule has 0 saturated heterocycles. The van der Waals surface area contributed by atoms with E-state index in [1.807, 2.05) is 0 Å². The van der Waals surface area contributed by atoms with Gasteiger partial charge >= 0.3 is 0 Å². The van der Waals surface area contributed by atoms with E-state index in [0.29, 0.717) is 17.8 Å². The van der Waals surface area contributed by atoms with Crippen LogP contribution < -0.4 is 11.1 Å². The van der Waals surface area contributed by atoms with Crippen LogP contribution in [0.4, 0.5) is 11.6 Å². The molecule has 0 aromatic carbocycles. The number of nitrogens with one attached hydrogen (secondary N) is 1. The van der Waals surface area contributed by atoms with E-state index in [1.54, 1.807) is 6.33 Å². The summed E-state index contributed by atoms with van der Waals surface area (Å²) in [6.45, 7) is 6.81. The summed E-state index contributed by atoms with van der Waals surface area (Å²) in [5.74, 6) is 3.02. The molecular formula is C16H28N4. The number of anilines is 2. The number of nitrogens with zero attached hydrogens (tertiary/aromatic N) is 2. The van der Waals surface area contributed by atoms with Crippen LogP contribution in [0.3, 0.4) is 0 Å². The van der Waals surface area contributed by atoms with E-state index in [9.17, 15) is 0 Å². The van der Waals surface area contributed by atoms with Gasteiger partial charge < -0.3 is 11.1 Å². The molecule has 0 spiro atoms. The minimum absolute atomic E-state index is 0.522. The molecule has 1 aromatic heterocycles. The fourth-order valence-corrected chi connectivity index (χ4v) is 3.36. The number of hydrogen-bond donors (Lipinski definition) is 2. The maximum Gasteiger partial charge on any atom is 0.134 e.